The van der Waals surface area contributed by atoms with Crippen LogP contribution >= 0.6 is 0 Å². The van der Waals surface area contributed by atoms with Gasteiger partial charge >= 0.3 is 5.97 Å². The van der Waals surface area contributed by atoms with Crippen LogP contribution in [-0.4, -0.2) is 22.6 Å². The molecule has 0 radical (unpaired) electrons. The highest BCUT2D eigenvalue weighted by Crippen LogP contribution is 2.24. The molecule has 16 heavy (non-hydrogen) atoms. The first kappa shape index (κ1) is 12.7. The van der Waals surface area contributed by atoms with E-state index in [4.69, 9.17) is 4.74 Å². The van der Waals surface area contributed by atoms with E-state index < -0.39 is 0 Å². The molecule has 1 aromatic rings. The van der Waals surface area contributed by atoms with E-state index in [0.717, 1.165) is 18.8 Å². The molecule has 1 aromatic heterocycles. The quantitative estimate of drug-likeness (QED) is 0.720. The van der Waals surface area contributed by atoms with Gasteiger partial charge in [0.15, 0.2) is 0 Å². The Morgan fingerprint density at radius 2 is 2.25 bits per heavy atom. The number of esters is 1. The normalized spacial score (nSPS) is 12.8. The minimum absolute atomic E-state index is 0.186. The molecule has 4 heteroatoms. The first-order chi connectivity index (χ1) is 7.61. The molecule has 1 heterocycles. The van der Waals surface area contributed by atoms with E-state index in [9.17, 15) is 4.79 Å². The van der Waals surface area contributed by atoms with E-state index in [1.54, 1.807) is 6.20 Å². The van der Waals surface area contributed by atoms with Crippen LogP contribution in [0.5, 0.6) is 0 Å². The van der Waals surface area contributed by atoms with Crippen molar-refractivity contribution in [1.29, 1.82) is 0 Å². The van der Waals surface area contributed by atoms with E-state index in [-0.39, 0.29) is 17.8 Å². The molecule has 0 N–H and O–H groups in total. The summed E-state index contributed by atoms with van der Waals surface area (Å²) in [5.74, 6) is 0.513. The van der Waals surface area contributed by atoms with Gasteiger partial charge in [0.05, 0.1) is 7.11 Å². The number of carbonyl (C=O) groups is 1. The van der Waals surface area contributed by atoms with Crippen molar-refractivity contribution in [3.8, 4) is 0 Å². The van der Waals surface area contributed by atoms with E-state index >= 15 is 0 Å². The van der Waals surface area contributed by atoms with Gasteiger partial charge in [-0.05, 0) is 12.3 Å². The summed E-state index contributed by atoms with van der Waals surface area (Å²) in [7, 11) is 1.42. The average molecular weight is 224 g/mol. The van der Waals surface area contributed by atoms with Crippen LogP contribution in [0.3, 0.4) is 0 Å². The molecule has 0 fully saturated rings. The Kier molecular flexibility index (Phi) is 4.52. The summed E-state index contributed by atoms with van der Waals surface area (Å²) in [6, 6.07) is 0. The number of carbonyl (C=O) groups excluding carboxylic acids is 1. The Labute approximate surface area is 96.6 Å². The third-order valence-corrected chi connectivity index (χ3v) is 2.61. The molecule has 0 aliphatic heterocycles. The van der Waals surface area contributed by atoms with Gasteiger partial charge in [-0.1, -0.05) is 20.8 Å². The van der Waals surface area contributed by atoms with Crippen molar-refractivity contribution in [3.63, 3.8) is 0 Å². The largest absolute Gasteiger partial charge is 0.468 e. The highest BCUT2D eigenvalue weighted by molar-refractivity contribution is 5.77. The number of aromatic nitrogens is 2. The van der Waals surface area contributed by atoms with E-state index in [2.05, 4.69) is 11.9 Å². The number of imidazole rings is 1. The number of hydrogen-bond donors (Lipinski definition) is 0. The zero-order chi connectivity index (χ0) is 12.1. The van der Waals surface area contributed by atoms with Crippen molar-refractivity contribution in [2.75, 3.05) is 7.11 Å². The van der Waals surface area contributed by atoms with Crippen molar-refractivity contribution in [2.45, 2.75) is 39.7 Å². The molecule has 0 bridgehead atoms. The van der Waals surface area contributed by atoms with E-state index in [0.29, 0.717) is 0 Å². The molecule has 1 atom stereocenters. The Hall–Kier alpha value is -1.32. The fourth-order valence-electron chi connectivity index (χ4n) is 1.83. The Morgan fingerprint density at radius 3 is 2.75 bits per heavy atom. The second-order valence-corrected chi connectivity index (χ2v) is 4.22. The summed E-state index contributed by atoms with van der Waals surface area (Å²) in [5, 5.41) is 0. The predicted octanol–water partition coefficient (Wildman–Crippen LogP) is 2.21. The topological polar surface area (TPSA) is 44.1 Å². The molecule has 4 nitrogen and oxygen atoms in total. The summed E-state index contributed by atoms with van der Waals surface area (Å²) in [6.07, 6.45) is 4.68. The van der Waals surface area contributed by atoms with Crippen LogP contribution in [0.1, 0.15) is 38.9 Å². The summed E-state index contributed by atoms with van der Waals surface area (Å²) >= 11 is 0. The van der Waals surface area contributed by atoms with Gasteiger partial charge in [0, 0.05) is 18.9 Å². The van der Waals surface area contributed by atoms with Crippen LogP contribution in [0.4, 0.5) is 0 Å². The van der Waals surface area contributed by atoms with Crippen LogP contribution < -0.4 is 0 Å². The summed E-state index contributed by atoms with van der Waals surface area (Å²) < 4.78 is 6.87. The maximum Gasteiger partial charge on any atom is 0.316 e. The van der Waals surface area contributed by atoms with Crippen LogP contribution in [-0.2, 0) is 16.1 Å². The molecule has 0 aliphatic rings. The van der Waals surface area contributed by atoms with Gasteiger partial charge in [-0.3, -0.25) is 4.79 Å². The molecule has 0 aromatic carbocycles. The summed E-state index contributed by atoms with van der Waals surface area (Å²) in [4.78, 5) is 16.0. The van der Waals surface area contributed by atoms with Gasteiger partial charge in [-0.25, -0.2) is 4.98 Å². The van der Waals surface area contributed by atoms with Crippen LogP contribution in [0.2, 0.25) is 0 Å². The molecular formula is C12H20N2O2. The molecule has 90 valence electrons. The zero-order valence-corrected chi connectivity index (χ0v) is 10.4. The highest BCUT2D eigenvalue weighted by atomic mass is 16.5. The number of nitrogens with zero attached hydrogens (tertiary/aromatic N) is 2. The van der Waals surface area contributed by atoms with Crippen molar-refractivity contribution >= 4 is 5.97 Å². The second kappa shape index (κ2) is 5.68. The van der Waals surface area contributed by atoms with Gasteiger partial charge < -0.3 is 9.30 Å². The summed E-state index contributed by atoms with van der Waals surface area (Å²) in [6.45, 7) is 7.00. The van der Waals surface area contributed by atoms with Crippen molar-refractivity contribution in [1.82, 2.24) is 9.55 Å². The minimum Gasteiger partial charge on any atom is -0.468 e. The standard InChI is InChI=1S/C12H20N2O2/c1-5-7-14-8-6-13-11(14)10(9(2)3)12(15)16-4/h6,8-10H,5,7H2,1-4H3. The van der Waals surface area contributed by atoms with Crippen molar-refractivity contribution < 1.29 is 9.53 Å². The van der Waals surface area contributed by atoms with Crippen molar-refractivity contribution in [3.05, 3.63) is 18.2 Å². The lowest BCUT2D eigenvalue weighted by molar-refractivity contribution is -0.143. The Balaban J connectivity index is 3.01. The highest BCUT2D eigenvalue weighted by Gasteiger charge is 2.28. The first-order valence-corrected chi connectivity index (χ1v) is 5.70. The van der Waals surface area contributed by atoms with Gasteiger partial charge in [0.1, 0.15) is 11.7 Å². The predicted molar refractivity (Wildman–Crippen MR) is 62.1 cm³/mol. The van der Waals surface area contributed by atoms with Crippen LogP contribution in [0.25, 0.3) is 0 Å². The molecule has 1 rings (SSSR count). The average Bonchev–Trinajstić information content (AvgIpc) is 2.66. The lowest BCUT2D eigenvalue weighted by Crippen LogP contribution is -2.23. The first-order valence-electron chi connectivity index (χ1n) is 5.70. The summed E-state index contributed by atoms with van der Waals surface area (Å²) in [5.41, 5.74) is 0. The Morgan fingerprint density at radius 1 is 1.56 bits per heavy atom. The lowest BCUT2D eigenvalue weighted by Gasteiger charge is -2.19. The smallest absolute Gasteiger partial charge is 0.316 e. The molecule has 0 saturated carbocycles. The second-order valence-electron chi connectivity index (χ2n) is 4.22. The third kappa shape index (κ3) is 2.62. The SMILES string of the molecule is CCCn1ccnc1C(C(=O)OC)C(C)C. The van der Waals surface area contributed by atoms with Crippen LogP contribution in [0.15, 0.2) is 12.4 Å². The van der Waals surface area contributed by atoms with Gasteiger partial charge in [0.25, 0.3) is 0 Å². The number of hydrogen-bond acceptors (Lipinski definition) is 3. The monoisotopic (exact) mass is 224 g/mol. The maximum absolute atomic E-state index is 11.7. The maximum atomic E-state index is 11.7. The number of aryl methyl sites for hydroxylation is 1. The lowest BCUT2D eigenvalue weighted by atomic mass is 9.95. The molecular weight excluding hydrogens is 204 g/mol. The third-order valence-electron chi connectivity index (χ3n) is 2.61. The number of rotatable bonds is 5. The molecule has 0 spiro atoms. The molecule has 0 amide bonds. The number of ether oxygens (including phenoxy) is 1. The minimum atomic E-state index is -0.272. The fraction of sp³-hybridized carbons (Fsp3) is 0.667. The molecule has 0 aliphatic carbocycles. The zero-order valence-electron chi connectivity index (χ0n) is 10.4. The molecule has 0 saturated heterocycles. The Bertz CT molecular complexity index is 345. The van der Waals surface area contributed by atoms with Gasteiger partial charge in [-0.15, -0.1) is 0 Å². The van der Waals surface area contributed by atoms with E-state index in [1.165, 1.54) is 7.11 Å². The van der Waals surface area contributed by atoms with Gasteiger partial charge in [-0.2, -0.15) is 0 Å². The molecule has 1 unspecified atom stereocenters. The fourth-order valence-corrected chi connectivity index (χ4v) is 1.83. The van der Waals surface area contributed by atoms with Crippen LogP contribution in [0, 0.1) is 5.92 Å². The van der Waals surface area contributed by atoms with Gasteiger partial charge in [0.2, 0.25) is 0 Å². The van der Waals surface area contributed by atoms with E-state index in [1.807, 2.05) is 24.6 Å². The van der Waals surface area contributed by atoms with Crippen molar-refractivity contribution in [2.24, 2.45) is 5.92 Å². The number of methoxy groups -OCH3 is 1.